The molecule has 0 unspecified atom stereocenters. The standard InChI is InChI=1S/C13H13NO/c1-13(2,3)12-6-4-11(5-7-12)8-9-14-10-15/h4-7H,1-3H3. The maximum absolute atomic E-state index is 9.79. The molecule has 76 valence electrons. The van der Waals surface area contributed by atoms with Gasteiger partial charge in [-0.15, -0.1) is 4.99 Å². The van der Waals surface area contributed by atoms with Gasteiger partial charge in [-0.05, 0) is 29.0 Å². The van der Waals surface area contributed by atoms with Crippen LogP contribution in [0.5, 0.6) is 0 Å². The summed E-state index contributed by atoms with van der Waals surface area (Å²) in [7, 11) is 0. The molecule has 0 aliphatic rings. The minimum atomic E-state index is 0.146. The summed E-state index contributed by atoms with van der Waals surface area (Å²) in [6.07, 6.45) is 1.37. The Morgan fingerprint density at radius 1 is 1.13 bits per heavy atom. The molecule has 1 aromatic rings. The van der Waals surface area contributed by atoms with Crippen molar-refractivity contribution in [3.05, 3.63) is 35.4 Å². The number of hydrogen-bond donors (Lipinski definition) is 0. The van der Waals surface area contributed by atoms with E-state index in [1.54, 1.807) is 0 Å². The predicted octanol–water partition coefficient (Wildman–Crippen LogP) is 2.63. The van der Waals surface area contributed by atoms with Gasteiger partial charge in [-0.1, -0.05) is 32.9 Å². The van der Waals surface area contributed by atoms with E-state index in [2.05, 4.69) is 37.7 Å². The summed E-state index contributed by atoms with van der Waals surface area (Å²) in [5, 5.41) is 0. The fourth-order valence-electron chi connectivity index (χ4n) is 1.17. The summed E-state index contributed by atoms with van der Waals surface area (Å²) in [6, 6.07) is 10.3. The van der Waals surface area contributed by atoms with Crippen LogP contribution in [0.25, 0.3) is 0 Å². The Labute approximate surface area is 90.0 Å². The van der Waals surface area contributed by atoms with Gasteiger partial charge >= 0.3 is 0 Å². The van der Waals surface area contributed by atoms with Crippen molar-refractivity contribution in [3.8, 4) is 12.0 Å². The smallest absolute Gasteiger partial charge is 0.210 e. The van der Waals surface area contributed by atoms with Gasteiger partial charge in [-0.3, -0.25) is 0 Å². The number of isocyanates is 1. The summed E-state index contributed by atoms with van der Waals surface area (Å²) >= 11 is 0. The van der Waals surface area contributed by atoms with Crippen molar-refractivity contribution in [2.45, 2.75) is 26.2 Å². The topological polar surface area (TPSA) is 29.4 Å². The van der Waals surface area contributed by atoms with Crippen LogP contribution in [0.1, 0.15) is 31.9 Å². The van der Waals surface area contributed by atoms with E-state index in [1.165, 1.54) is 11.6 Å². The van der Waals surface area contributed by atoms with E-state index in [-0.39, 0.29) is 5.41 Å². The lowest BCUT2D eigenvalue weighted by Crippen LogP contribution is -2.10. The Morgan fingerprint density at radius 3 is 2.20 bits per heavy atom. The minimum Gasteiger partial charge on any atom is -0.210 e. The molecule has 0 saturated heterocycles. The van der Waals surface area contributed by atoms with Crippen LogP contribution < -0.4 is 0 Å². The van der Waals surface area contributed by atoms with Crippen LogP contribution in [0.3, 0.4) is 0 Å². The molecule has 0 aliphatic carbocycles. The number of carbonyl (C=O) groups excluding carboxylic acids is 1. The van der Waals surface area contributed by atoms with Crippen LogP contribution in [0, 0.1) is 12.0 Å². The number of nitrogens with zero attached hydrogens (tertiary/aromatic N) is 1. The second-order valence-electron chi connectivity index (χ2n) is 4.27. The molecule has 2 nitrogen and oxygen atoms in total. The molecule has 0 fully saturated rings. The molecule has 0 N–H and O–H groups in total. The molecule has 0 radical (unpaired) electrons. The van der Waals surface area contributed by atoms with Crippen LogP contribution in [0.2, 0.25) is 0 Å². The highest BCUT2D eigenvalue weighted by atomic mass is 16.1. The summed E-state index contributed by atoms with van der Waals surface area (Å²) in [4.78, 5) is 13.0. The molecular weight excluding hydrogens is 186 g/mol. The van der Waals surface area contributed by atoms with Gasteiger partial charge in [0.2, 0.25) is 6.08 Å². The molecule has 0 saturated carbocycles. The first-order chi connectivity index (χ1) is 7.04. The molecule has 0 atom stereocenters. The highest BCUT2D eigenvalue weighted by Crippen LogP contribution is 2.21. The molecular formula is C13H13NO. The number of hydrogen-bond acceptors (Lipinski definition) is 2. The Hall–Kier alpha value is -1.84. The second kappa shape index (κ2) is 4.59. The fraction of sp³-hybridized carbons (Fsp3) is 0.308. The molecule has 1 rings (SSSR count). The third-order valence-corrected chi connectivity index (χ3v) is 2.05. The van der Waals surface area contributed by atoms with Crippen molar-refractivity contribution < 1.29 is 4.79 Å². The van der Waals surface area contributed by atoms with Gasteiger partial charge in [0.25, 0.3) is 0 Å². The molecule has 0 spiro atoms. The van der Waals surface area contributed by atoms with Crippen molar-refractivity contribution in [2.75, 3.05) is 0 Å². The number of aliphatic imine (C=N–C) groups is 1. The minimum absolute atomic E-state index is 0.146. The van der Waals surface area contributed by atoms with Crippen molar-refractivity contribution >= 4 is 6.08 Å². The summed E-state index contributed by atoms with van der Waals surface area (Å²) in [5.74, 6) is 2.75. The highest BCUT2D eigenvalue weighted by molar-refractivity contribution is 5.41. The van der Waals surface area contributed by atoms with Crippen LogP contribution in [-0.2, 0) is 10.2 Å². The SMILES string of the molecule is CC(C)(C)c1ccc(C#CN=C=O)cc1. The van der Waals surface area contributed by atoms with Crippen LogP contribution in [0.15, 0.2) is 29.3 Å². The van der Waals surface area contributed by atoms with Gasteiger partial charge in [0.15, 0.2) is 0 Å². The van der Waals surface area contributed by atoms with Crippen LogP contribution in [-0.4, -0.2) is 6.08 Å². The van der Waals surface area contributed by atoms with E-state index in [0.29, 0.717) is 0 Å². The Kier molecular flexibility index (Phi) is 3.44. The quantitative estimate of drug-likeness (QED) is 0.359. The first-order valence-corrected chi connectivity index (χ1v) is 4.72. The molecule has 0 aliphatic heterocycles. The zero-order chi connectivity index (χ0) is 11.3. The number of rotatable bonds is 0. The first kappa shape index (κ1) is 11.2. The maximum atomic E-state index is 9.79. The van der Waals surface area contributed by atoms with Crippen LogP contribution in [0.4, 0.5) is 0 Å². The lowest BCUT2D eigenvalue weighted by atomic mass is 9.87. The van der Waals surface area contributed by atoms with Crippen molar-refractivity contribution in [2.24, 2.45) is 4.99 Å². The van der Waals surface area contributed by atoms with Crippen molar-refractivity contribution in [1.29, 1.82) is 0 Å². The summed E-state index contributed by atoms with van der Waals surface area (Å²) in [5.41, 5.74) is 2.25. The molecule has 0 aromatic heterocycles. The van der Waals surface area contributed by atoms with E-state index >= 15 is 0 Å². The van der Waals surface area contributed by atoms with E-state index in [9.17, 15) is 4.79 Å². The molecule has 0 amide bonds. The highest BCUT2D eigenvalue weighted by Gasteiger charge is 2.12. The second-order valence-corrected chi connectivity index (χ2v) is 4.27. The van der Waals surface area contributed by atoms with E-state index < -0.39 is 0 Å². The van der Waals surface area contributed by atoms with Gasteiger partial charge in [-0.25, -0.2) is 4.79 Å². The van der Waals surface area contributed by atoms with Crippen molar-refractivity contribution in [1.82, 2.24) is 0 Å². The van der Waals surface area contributed by atoms with E-state index in [1.807, 2.05) is 24.3 Å². The van der Waals surface area contributed by atoms with Gasteiger partial charge in [-0.2, -0.15) is 0 Å². The van der Waals surface area contributed by atoms with Gasteiger partial charge in [0.1, 0.15) is 0 Å². The predicted molar refractivity (Wildman–Crippen MR) is 60.1 cm³/mol. The first-order valence-electron chi connectivity index (χ1n) is 4.72. The monoisotopic (exact) mass is 199 g/mol. The molecule has 0 heterocycles. The summed E-state index contributed by atoms with van der Waals surface area (Å²) in [6.45, 7) is 6.47. The van der Waals surface area contributed by atoms with Gasteiger partial charge in [0.05, 0.1) is 6.04 Å². The number of benzene rings is 1. The lowest BCUT2D eigenvalue weighted by molar-refractivity contribution is 0.565. The molecule has 0 bridgehead atoms. The van der Waals surface area contributed by atoms with Gasteiger partial charge in [0, 0.05) is 5.56 Å². The molecule has 1 aromatic carbocycles. The Balaban J connectivity index is 2.92. The third-order valence-electron chi connectivity index (χ3n) is 2.05. The largest absolute Gasteiger partial charge is 0.249 e. The Morgan fingerprint density at radius 2 is 1.73 bits per heavy atom. The fourth-order valence-corrected chi connectivity index (χ4v) is 1.17. The molecule has 2 heteroatoms. The van der Waals surface area contributed by atoms with Gasteiger partial charge < -0.3 is 0 Å². The molecule has 15 heavy (non-hydrogen) atoms. The normalized spacial score (nSPS) is 9.80. The van der Waals surface area contributed by atoms with E-state index in [4.69, 9.17) is 0 Å². The zero-order valence-corrected chi connectivity index (χ0v) is 9.16. The van der Waals surface area contributed by atoms with Crippen molar-refractivity contribution in [3.63, 3.8) is 0 Å². The maximum Gasteiger partial charge on any atom is 0.249 e. The van der Waals surface area contributed by atoms with Crippen LogP contribution >= 0.6 is 0 Å². The third kappa shape index (κ3) is 3.42. The Bertz CT molecular complexity index is 434. The lowest BCUT2D eigenvalue weighted by Gasteiger charge is -2.18. The average molecular weight is 199 g/mol. The van der Waals surface area contributed by atoms with E-state index in [0.717, 1.165) is 5.56 Å². The zero-order valence-electron chi connectivity index (χ0n) is 9.16. The summed E-state index contributed by atoms with van der Waals surface area (Å²) < 4.78 is 0. The average Bonchev–Trinajstić information content (AvgIpc) is 2.18.